The lowest BCUT2D eigenvalue weighted by Crippen LogP contribution is -2.15. The Morgan fingerprint density at radius 3 is 2.84 bits per heavy atom. The molecule has 0 bridgehead atoms. The van der Waals surface area contributed by atoms with Gasteiger partial charge in [0.15, 0.2) is 5.13 Å². The summed E-state index contributed by atoms with van der Waals surface area (Å²) in [4.78, 5) is 27.1. The van der Waals surface area contributed by atoms with Crippen molar-refractivity contribution >= 4 is 28.1 Å². The maximum Gasteiger partial charge on any atom is 0.273 e. The van der Waals surface area contributed by atoms with Crippen LogP contribution >= 0.6 is 11.3 Å². The number of para-hydroxylation sites is 1. The molecule has 0 saturated heterocycles. The molecule has 0 saturated carbocycles. The van der Waals surface area contributed by atoms with Gasteiger partial charge in [-0.1, -0.05) is 18.2 Å². The van der Waals surface area contributed by atoms with Gasteiger partial charge in [-0.05, 0) is 6.92 Å². The quantitative estimate of drug-likeness (QED) is 0.687. The molecule has 0 aliphatic heterocycles. The zero-order valence-corrected chi connectivity index (χ0v) is 10.9. The first-order valence-electron chi connectivity index (χ1n) is 5.51. The first-order chi connectivity index (χ1) is 9.06. The Morgan fingerprint density at radius 2 is 2.21 bits per heavy atom. The number of carbonyl (C=O) groups excluding carboxylic acids is 1. The molecule has 0 fully saturated rings. The lowest BCUT2D eigenvalue weighted by Gasteiger charge is -2.02. The van der Waals surface area contributed by atoms with Crippen LogP contribution in [0.5, 0.6) is 0 Å². The van der Waals surface area contributed by atoms with Gasteiger partial charge in [0.25, 0.3) is 5.69 Å². The van der Waals surface area contributed by atoms with Crippen LogP contribution in [0.3, 0.4) is 0 Å². The van der Waals surface area contributed by atoms with Crippen molar-refractivity contribution in [3.05, 3.63) is 51.0 Å². The zero-order chi connectivity index (χ0) is 13.8. The topological polar surface area (TPSA) is 85.1 Å². The highest BCUT2D eigenvalue weighted by Crippen LogP contribution is 2.20. The van der Waals surface area contributed by atoms with Gasteiger partial charge in [0.2, 0.25) is 5.91 Å². The summed E-state index contributed by atoms with van der Waals surface area (Å²) < 4.78 is 0. The summed E-state index contributed by atoms with van der Waals surface area (Å²) in [6.45, 7) is 1.88. The average Bonchev–Trinajstić information content (AvgIpc) is 2.75. The number of anilines is 1. The minimum Gasteiger partial charge on any atom is -0.302 e. The molecule has 1 aromatic carbocycles. The third-order valence-electron chi connectivity index (χ3n) is 2.41. The number of hydrogen-bond acceptors (Lipinski definition) is 5. The summed E-state index contributed by atoms with van der Waals surface area (Å²) in [6, 6.07) is 6.20. The summed E-state index contributed by atoms with van der Waals surface area (Å²) in [5.41, 5.74) is 0.339. The average molecular weight is 277 g/mol. The molecule has 7 heteroatoms. The van der Waals surface area contributed by atoms with Crippen LogP contribution in [0.2, 0.25) is 0 Å². The minimum atomic E-state index is -0.490. The summed E-state index contributed by atoms with van der Waals surface area (Å²) in [7, 11) is 0. The van der Waals surface area contributed by atoms with E-state index in [0.29, 0.717) is 10.7 Å². The van der Waals surface area contributed by atoms with Crippen molar-refractivity contribution in [1.29, 1.82) is 0 Å². The third-order valence-corrected chi connectivity index (χ3v) is 3.24. The molecule has 1 amide bonds. The molecule has 0 spiro atoms. The van der Waals surface area contributed by atoms with Crippen LogP contribution in [0, 0.1) is 17.0 Å². The largest absolute Gasteiger partial charge is 0.302 e. The molecule has 2 rings (SSSR count). The Balaban J connectivity index is 2.09. The van der Waals surface area contributed by atoms with Gasteiger partial charge >= 0.3 is 0 Å². The SMILES string of the molecule is Cc1cnc(NC(=O)Cc2ccccc2[N+](=O)[O-])s1. The molecule has 6 nitrogen and oxygen atoms in total. The maximum atomic E-state index is 11.8. The van der Waals surface area contributed by atoms with E-state index in [9.17, 15) is 14.9 Å². The van der Waals surface area contributed by atoms with Gasteiger partial charge in [-0.25, -0.2) is 4.98 Å². The van der Waals surface area contributed by atoms with Crippen LogP contribution in [0.4, 0.5) is 10.8 Å². The molecule has 1 N–H and O–H groups in total. The van der Waals surface area contributed by atoms with Crippen molar-refractivity contribution in [3.8, 4) is 0 Å². The molecular weight excluding hydrogens is 266 g/mol. The monoisotopic (exact) mass is 277 g/mol. The van der Waals surface area contributed by atoms with Crippen molar-refractivity contribution in [3.63, 3.8) is 0 Å². The third kappa shape index (κ3) is 3.35. The van der Waals surface area contributed by atoms with Crippen molar-refractivity contribution in [1.82, 2.24) is 4.98 Å². The standard InChI is InChI=1S/C12H11N3O3S/c1-8-7-13-12(19-8)14-11(16)6-9-4-2-3-5-10(9)15(17)18/h2-5,7H,6H2,1H3,(H,13,14,16). The number of nitro benzene ring substituents is 1. The van der Waals surface area contributed by atoms with Crippen LogP contribution < -0.4 is 5.32 Å². The summed E-state index contributed by atoms with van der Waals surface area (Å²) in [5, 5.41) is 14.0. The van der Waals surface area contributed by atoms with Crippen LogP contribution in [0.25, 0.3) is 0 Å². The molecule has 0 aliphatic carbocycles. The van der Waals surface area contributed by atoms with Crippen LogP contribution in [-0.4, -0.2) is 15.8 Å². The molecule has 98 valence electrons. The first-order valence-corrected chi connectivity index (χ1v) is 6.32. The van der Waals surface area contributed by atoms with E-state index in [2.05, 4.69) is 10.3 Å². The number of amides is 1. The fourth-order valence-corrected chi connectivity index (χ4v) is 2.27. The number of aryl methyl sites for hydroxylation is 1. The van der Waals surface area contributed by atoms with Gasteiger partial charge < -0.3 is 5.32 Å². The van der Waals surface area contributed by atoms with E-state index in [0.717, 1.165) is 4.88 Å². The van der Waals surface area contributed by atoms with E-state index < -0.39 is 4.92 Å². The molecule has 2 aromatic rings. The van der Waals surface area contributed by atoms with Gasteiger partial charge in [-0.2, -0.15) is 0 Å². The highest BCUT2D eigenvalue weighted by molar-refractivity contribution is 7.15. The van der Waals surface area contributed by atoms with E-state index in [1.54, 1.807) is 24.4 Å². The number of carbonyl (C=O) groups is 1. The zero-order valence-electron chi connectivity index (χ0n) is 10.1. The fourth-order valence-electron chi connectivity index (χ4n) is 1.59. The number of thiazole rings is 1. The van der Waals surface area contributed by atoms with Crippen LogP contribution in [-0.2, 0) is 11.2 Å². The second-order valence-electron chi connectivity index (χ2n) is 3.89. The summed E-state index contributed by atoms with van der Waals surface area (Å²) >= 11 is 1.36. The number of nitro groups is 1. The lowest BCUT2D eigenvalue weighted by atomic mass is 10.1. The van der Waals surface area contributed by atoms with Crippen LogP contribution in [0.15, 0.2) is 30.5 Å². The molecule has 0 radical (unpaired) electrons. The number of benzene rings is 1. The van der Waals surface area contributed by atoms with E-state index in [4.69, 9.17) is 0 Å². The number of aromatic nitrogens is 1. The number of nitrogens with one attached hydrogen (secondary N) is 1. The van der Waals surface area contributed by atoms with Crippen molar-refractivity contribution in [2.24, 2.45) is 0 Å². The van der Waals surface area contributed by atoms with Crippen molar-refractivity contribution in [2.45, 2.75) is 13.3 Å². The number of hydrogen-bond donors (Lipinski definition) is 1. The Kier molecular flexibility index (Phi) is 3.86. The molecular formula is C12H11N3O3S. The van der Waals surface area contributed by atoms with Gasteiger partial charge in [-0.3, -0.25) is 14.9 Å². The van der Waals surface area contributed by atoms with Crippen molar-refractivity contribution in [2.75, 3.05) is 5.32 Å². The fraction of sp³-hybridized carbons (Fsp3) is 0.167. The van der Waals surface area contributed by atoms with E-state index in [1.807, 2.05) is 6.92 Å². The molecule has 19 heavy (non-hydrogen) atoms. The molecule has 0 atom stereocenters. The molecule has 0 aliphatic rings. The van der Waals surface area contributed by atoms with Gasteiger partial charge in [-0.15, -0.1) is 11.3 Å². The molecule has 0 unspecified atom stereocenters. The van der Waals surface area contributed by atoms with E-state index in [1.165, 1.54) is 17.4 Å². The van der Waals surface area contributed by atoms with Gasteiger partial charge in [0, 0.05) is 22.7 Å². The van der Waals surface area contributed by atoms with Crippen molar-refractivity contribution < 1.29 is 9.72 Å². The predicted octanol–water partition coefficient (Wildman–Crippen LogP) is 2.54. The second kappa shape index (κ2) is 5.57. The van der Waals surface area contributed by atoms with Crippen LogP contribution in [0.1, 0.15) is 10.4 Å². The van der Waals surface area contributed by atoms with Gasteiger partial charge in [0.1, 0.15) is 0 Å². The maximum absolute atomic E-state index is 11.8. The highest BCUT2D eigenvalue weighted by atomic mass is 32.1. The Morgan fingerprint density at radius 1 is 1.47 bits per heavy atom. The predicted molar refractivity (Wildman–Crippen MR) is 72.3 cm³/mol. The Hall–Kier alpha value is -2.28. The normalized spacial score (nSPS) is 10.2. The number of rotatable bonds is 4. The Bertz CT molecular complexity index is 624. The second-order valence-corrected chi connectivity index (χ2v) is 5.12. The smallest absolute Gasteiger partial charge is 0.273 e. The van der Waals surface area contributed by atoms with E-state index in [-0.39, 0.29) is 18.0 Å². The summed E-state index contributed by atoms with van der Waals surface area (Å²) in [6.07, 6.45) is 1.61. The summed E-state index contributed by atoms with van der Waals surface area (Å²) in [5.74, 6) is -0.316. The minimum absolute atomic E-state index is 0.0459. The number of nitrogens with zero attached hydrogens (tertiary/aromatic N) is 2. The molecule has 1 aromatic heterocycles. The first kappa shape index (κ1) is 13.2. The molecule has 1 heterocycles. The highest BCUT2D eigenvalue weighted by Gasteiger charge is 2.16. The van der Waals surface area contributed by atoms with Gasteiger partial charge in [0.05, 0.1) is 11.3 Å². The lowest BCUT2D eigenvalue weighted by molar-refractivity contribution is -0.385. The van der Waals surface area contributed by atoms with E-state index >= 15 is 0 Å². The Labute approximate surface area is 113 Å².